The van der Waals surface area contributed by atoms with Crippen molar-refractivity contribution >= 4 is 11.9 Å². The number of hydrogen-bond acceptors (Lipinski definition) is 4. The largest absolute Gasteiger partial charge is 0.446 e. The van der Waals surface area contributed by atoms with Gasteiger partial charge in [-0.2, -0.15) is 5.10 Å². The molecule has 4 N–H and O–H groups in total. The minimum Gasteiger partial charge on any atom is -0.446 e. The Morgan fingerprint density at radius 1 is 1.58 bits per heavy atom. The predicted octanol–water partition coefficient (Wildman–Crippen LogP) is 1.91. The van der Waals surface area contributed by atoms with E-state index in [4.69, 9.17) is 10.5 Å². The fourth-order valence-electron chi connectivity index (χ4n) is 2.63. The van der Waals surface area contributed by atoms with Gasteiger partial charge in [0.1, 0.15) is 11.9 Å². The maximum Gasteiger partial charge on any atom is 0.407 e. The molecule has 19 heavy (non-hydrogen) atoms. The first-order valence-corrected chi connectivity index (χ1v) is 6.84. The Labute approximate surface area is 112 Å². The van der Waals surface area contributed by atoms with Gasteiger partial charge in [0.15, 0.2) is 0 Å². The first-order valence-electron chi connectivity index (χ1n) is 6.84. The molecular formula is C13H20N4O2. The third kappa shape index (κ3) is 2.83. The SMILES string of the molecule is CC1(NC(=O)O[C@@H]2CC[C@H](c3cc(N)n[nH]3)C2)CC1. The highest BCUT2D eigenvalue weighted by Gasteiger charge is 2.40. The van der Waals surface area contributed by atoms with Crippen LogP contribution < -0.4 is 11.1 Å². The number of carbonyl (C=O) groups excluding carboxylic acids is 1. The fourth-order valence-corrected chi connectivity index (χ4v) is 2.63. The van der Waals surface area contributed by atoms with Crippen LogP contribution >= 0.6 is 0 Å². The van der Waals surface area contributed by atoms with Gasteiger partial charge < -0.3 is 15.8 Å². The van der Waals surface area contributed by atoms with Gasteiger partial charge in [0, 0.05) is 23.2 Å². The summed E-state index contributed by atoms with van der Waals surface area (Å²) in [5.41, 5.74) is 6.62. The summed E-state index contributed by atoms with van der Waals surface area (Å²) in [6.07, 6.45) is 4.54. The van der Waals surface area contributed by atoms with Gasteiger partial charge in [0.25, 0.3) is 0 Å². The molecule has 6 nitrogen and oxygen atoms in total. The van der Waals surface area contributed by atoms with Crippen molar-refractivity contribution in [2.75, 3.05) is 5.73 Å². The topological polar surface area (TPSA) is 93.0 Å². The summed E-state index contributed by atoms with van der Waals surface area (Å²) in [6.45, 7) is 2.04. The molecule has 0 bridgehead atoms. The molecule has 2 atom stereocenters. The van der Waals surface area contributed by atoms with Crippen LogP contribution in [-0.2, 0) is 4.74 Å². The molecule has 3 rings (SSSR count). The number of H-pyrrole nitrogens is 1. The predicted molar refractivity (Wildman–Crippen MR) is 70.6 cm³/mol. The summed E-state index contributed by atoms with van der Waals surface area (Å²) in [7, 11) is 0. The van der Waals surface area contributed by atoms with Gasteiger partial charge in [-0.25, -0.2) is 4.79 Å². The van der Waals surface area contributed by atoms with Gasteiger partial charge in [-0.1, -0.05) is 0 Å². The fraction of sp³-hybridized carbons (Fsp3) is 0.692. The molecule has 104 valence electrons. The number of nitrogens with zero attached hydrogens (tertiary/aromatic N) is 1. The lowest BCUT2D eigenvalue weighted by atomic mass is 10.0. The standard InChI is InChI=1S/C13H20N4O2/c1-13(4-5-13)15-12(18)19-9-3-2-8(6-9)10-7-11(14)17-16-10/h7-9H,2-6H2,1H3,(H,15,18)(H3,14,16,17)/t8-,9+/m0/s1. The van der Waals surface area contributed by atoms with E-state index < -0.39 is 0 Å². The first kappa shape index (κ1) is 12.3. The van der Waals surface area contributed by atoms with Gasteiger partial charge in [0.2, 0.25) is 0 Å². The second kappa shape index (κ2) is 4.43. The number of rotatable bonds is 3. The number of nitrogens with two attached hydrogens (primary N) is 1. The number of nitrogens with one attached hydrogen (secondary N) is 2. The van der Waals surface area contributed by atoms with Gasteiger partial charge in [0.05, 0.1) is 0 Å². The molecule has 0 saturated heterocycles. The lowest BCUT2D eigenvalue weighted by Gasteiger charge is -2.16. The van der Waals surface area contributed by atoms with Gasteiger partial charge >= 0.3 is 6.09 Å². The average Bonchev–Trinajstić information content (AvgIpc) is 2.79. The minimum absolute atomic E-state index is 0.00289. The summed E-state index contributed by atoms with van der Waals surface area (Å²) >= 11 is 0. The average molecular weight is 264 g/mol. The molecule has 0 spiro atoms. The van der Waals surface area contributed by atoms with Crippen molar-refractivity contribution in [2.45, 2.75) is 56.6 Å². The molecule has 2 aliphatic carbocycles. The van der Waals surface area contributed by atoms with E-state index in [1.807, 2.05) is 13.0 Å². The van der Waals surface area contributed by atoms with Crippen molar-refractivity contribution in [1.29, 1.82) is 0 Å². The molecule has 6 heteroatoms. The highest BCUT2D eigenvalue weighted by Crippen LogP contribution is 2.37. The Morgan fingerprint density at radius 3 is 3.00 bits per heavy atom. The van der Waals surface area contributed by atoms with Gasteiger partial charge in [-0.15, -0.1) is 0 Å². The van der Waals surface area contributed by atoms with Crippen molar-refractivity contribution in [3.05, 3.63) is 11.8 Å². The van der Waals surface area contributed by atoms with Crippen molar-refractivity contribution < 1.29 is 9.53 Å². The summed E-state index contributed by atoms with van der Waals surface area (Å²) in [4.78, 5) is 11.7. The van der Waals surface area contributed by atoms with E-state index in [2.05, 4.69) is 15.5 Å². The number of alkyl carbamates (subject to hydrolysis) is 1. The van der Waals surface area contributed by atoms with E-state index in [9.17, 15) is 4.79 Å². The summed E-state index contributed by atoms with van der Waals surface area (Å²) in [6, 6.07) is 1.86. The molecule has 1 heterocycles. The molecule has 2 saturated carbocycles. The quantitative estimate of drug-likeness (QED) is 0.777. The third-order valence-electron chi connectivity index (χ3n) is 4.12. The zero-order chi connectivity index (χ0) is 13.5. The number of nitrogen functional groups attached to an aromatic ring is 1. The first-order chi connectivity index (χ1) is 9.04. The number of amides is 1. The highest BCUT2D eigenvalue weighted by atomic mass is 16.6. The van der Waals surface area contributed by atoms with E-state index >= 15 is 0 Å². The lowest BCUT2D eigenvalue weighted by molar-refractivity contribution is 0.0967. The second-order valence-electron chi connectivity index (χ2n) is 5.97. The minimum atomic E-state index is -0.283. The van der Waals surface area contributed by atoms with Crippen molar-refractivity contribution in [2.24, 2.45) is 0 Å². The van der Waals surface area contributed by atoms with Gasteiger partial charge in [-0.3, -0.25) is 5.10 Å². The normalized spacial score (nSPS) is 28.1. The Bertz CT molecular complexity index is 481. The molecular weight excluding hydrogens is 244 g/mol. The van der Waals surface area contributed by atoms with Crippen molar-refractivity contribution in [1.82, 2.24) is 15.5 Å². The summed E-state index contributed by atoms with van der Waals surface area (Å²) in [5.74, 6) is 0.873. The van der Waals surface area contributed by atoms with E-state index in [1.54, 1.807) is 0 Å². The zero-order valence-electron chi connectivity index (χ0n) is 11.1. The van der Waals surface area contributed by atoms with Crippen LogP contribution in [0.5, 0.6) is 0 Å². The summed E-state index contributed by atoms with van der Waals surface area (Å²) in [5, 5.41) is 9.79. The Hall–Kier alpha value is -1.72. The second-order valence-corrected chi connectivity index (χ2v) is 5.97. The van der Waals surface area contributed by atoms with Crippen LogP contribution in [0.1, 0.15) is 50.6 Å². The number of aromatic nitrogens is 2. The number of anilines is 1. The van der Waals surface area contributed by atoms with E-state index in [-0.39, 0.29) is 17.7 Å². The monoisotopic (exact) mass is 264 g/mol. The van der Waals surface area contributed by atoms with Crippen LogP contribution in [0.4, 0.5) is 10.6 Å². The summed E-state index contributed by atoms with van der Waals surface area (Å²) < 4.78 is 5.47. The van der Waals surface area contributed by atoms with Crippen LogP contribution in [0.15, 0.2) is 6.07 Å². The Kier molecular flexibility index (Phi) is 2.88. The van der Waals surface area contributed by atoms with E-state index in [0.717, 1.165) is 37.8 Å². The van der Waals surface area contributed by atoms with Crippen LogP contribution in [0.3, 0.4) is 0 Å². The van der Waals surface area contributed by atoms with Gasteiger partial charge in [-0.05, 0) is 39.0 Å². The van der Waals surface area contributed by atoms with Crippen LogP contribution in [-0.4, -0.2) is 27.9 Å². The van der Waals surface area contributed by atoms with Crippen LogP contribution in [0.2, 0.25) is 0 Å². The molecule has 0 aliphatic heterocycles. The maximum absolute atomic E-state index is 11.7. The molecule has 2 aliphatic rings. The number of carbonyl (C=O) groups is 1. The molecule has 0 aromatic carbocycles. The molecule has 1 amide bonds. The number of aromatic amines is 1. The molecule has 2 fully saturated rings. The highest BCUT2D eigenvalue weighted by molar-refractivity contribution is 5.69. The smallest absolute Gasteiger partial charge is 0.407 e. The Balaban J connectivity index is 1.50. The number of hydrogen-bond donors (Lipinski definition) is 3. The molecule has 0 radical (unpaired) electrons. The number of ether oxygens (including phenoxy) is 1. The van der Waals surface area contributed by atoms with E-state index in [1.165, 1.54) is 0 Å². The Morgan fingerprint density at radius 2 is 2.37 bits per heavy atom. The molecule has 0 unspecified atom stereocenters. The maximum atomic E-state index is 11.7. The third-order valence-corrected chi connectivity index (χ3v) is 4.12. The van der Waals surface area contributed by atoms with Crippen LogP contribution in [0.25, 0.3) is 0 Å². The van der Waals surface area contributed by atoms with Crippen LogP contribution in [0, 0.1) is 0 Å². The van der Waals surface area contributed by atoms with Crippen molar-refractivity contribution in [3.8, 4) is 0 Å². The van der Waals surface area contributed by atoms with Crippen molar-refractivity contribution in [3.63, 3.8) is 0 Å². The van der Waals surface area contributed by atoms with E-state index in [0.29, 0.717) is 11.7 Å². The molecule has 1 aromatic rings. The molecule has 1 aromatic heterocycles. The lowest BCUT2D eigenvalue weighted by Crippen LogP contribution is -2.36. The zero-order valence-corrected chi connectivity index (χ0v) is 11.1.